The Bertz CT molecular complexity index is 745. The molecule has 0 saturated carbocycles. The first-order valence-corrected chi connectivity index (χ1v) is 7.94. The Morgan fingerprint density at radius 2 is 1.96 bits per heavy atom. The Labute approximate surface area is 142 Å². The van der Waals surface area contributed by atoms with Gasteiger partial charge in [-0.25, -0.2) is 4.98 Å². The normalized spacial score (nSPS) is 13.5. The first-order chi connectivity index (χ1) is 11.1. The monoisotopic (exact) mass is 324 g/mol. The maximum atomic E-state index is 5.49. The molecule has 0 radical (unpaired) electrons. The average Bonchev–Trinajstić information content (AvgIpc) is 2.96. The van der Waals surface area contributed by atoms with Gasteiger partial charge >= 0.3 is 0 Å². The van der Waals surface area contributed by atoms with Crippen molar-refractivity contribution in [2.75, 3.05) is 0 Å². The number of imidazole rings is 1. The van der Waals surface area contributed by atoms with Crippen molar-refractivity contribution >= 4 is 28.2 Å². The summed E-state index contributed by atoms with van der Waals surface area (Å²) in [7, 11) is 0. The van der Waals surface area contributed by atoms with Crippen LogP contribution in [0.25, 0.3) is 16.6 Å². The molecule has 0 amide bonds. The van der Waals surface area contributed by atoms with E-state index in [2.05, 4.69) is 29.2 Å². The van der Waals surface area contributed by atoms with E-state index in [-0.39, 0.29) is 5.92 Å². The number of hydrogen-bond donors (Lipinski definition) is 1. The summed E-state index contributed by atoms with van der Waals surface area (Å²) in [6.45, 7) is 10.3. The molecule has 23 heavy (non-hydrogen) atoms. The third kappa shape index (κ3) is 4.83. The number of rotatable bonds is 7. The summed E-state index contributed by atoms with van der Waals surface area (Å²) < 4.78 is 0. The molecule has 0 spiro atoms. The van der Waals surface area contributed by atoms with Crippen molar-refractivity contribution < 1.29 is 0 Å². The number of H-pyrrole nitrogens is 1. The number of allylic oxidation sites excluding steroid dienone is 7. The van der Waals surface area contributed by atoms with E-state index in [1.165, 1.54) is 5.54 Å². The third-order valence-corrected chi connectivity index (χ3v) is 3.60. The molecule has 2 aromatic rings. The largest absolute Gasteiger partial charge is 0.338 e. The molecule has 0 aliphatic heterocycles. The summed E-state index contributed by atoms with van der Waals surface area (Å²) in [5, 5.41) is 0. The lowest BCUT2D eigenvalue weighted by molar-refractivity contribution is 0.810. The average molecular weight is 325 g/mol. The van der Waals surface area contributed by atoms with Crippen LogP contribution in [0.4, 0.5) is 0 Å². The van der Waals surface area contributed by atoms with E-state index in [9.17, 15) is 0 Å². The third-order valence-electron chi connectivity index (χ3n) is 3.46. The van der Waals surface area contributed by atoms with E-state index in [0.717, 1.165) is 34.4 Å². The van der Waals surface area contributed by atoms with E-state index in [1.54, 1.807) is 6.08 Å². The molecule has 0 fully saturated rings. The maximum absolute atomic E-state index is 5.49. The number of aromatic nitrogens is 2. The van der Waals surface area contributed by atoms with Crippen LogP contribution in [0, 0.1) is 5.92 Å². The van der Waals surface area contributed by atoms with Crippen LogP contribution in [-0.4, -0.2) is 9.97 Å². The molecular formula is C20H21ClN2. The highest BCUT2D eigenvalue weighted by atomic mass is 35.5. The zero-order chi connectivity index (χ0) is 16.7. The zero-order valence-corrected chi connectivity index (χ0v) is 14.1. The molecule has 1 aromatic heterocycles. The lowest BCUT2D eigenvalue weighted by Crippen LogP contribution is -2.01. The topological polar surface area (TPSA) is 28.7 Å². The molecule has 3 heteroatoms. The van der Waals surface area contributed by atoms with Crippen molar-refractivity contribution in [3.63, 3.8) is 0 Å². The van der Waals surface area contributed by atoms with Gasteiger partial charge in [0.15, 0.2) is 0 Å². The minimum atomic E-state index is 0.151. The van der Waals surface area contributed by atoms with Gasteiger partial charge in [0.1, 0.15) is 5.82 Å². The van der Waals surface area contributed by atoms with Gasteiger partial charge in [-0.1, -0.05) is 66.3 Å². The SMILES string of the molecule is C=C(C)CC(/C=C/C=C\C=C\Cl)C(=C)c1nc2ccccc2[nH]1. The number of para-hydroxylation sites is 2. The van der Waals surface area contributed by atoms with E-state index in [0.29, 0.717) is 0 Å². The van der Waals surface area contributed by atoms with Gasteiger partial charge in [-0.05, 0) is 31.1 Å². The number of benzene rings is 1. The van der Waals surface area contributed by atoms with Gasteiger partial charge in [-0.2, -0.15) is 0 Å². The van der Waals surface area contributed by atoms with Crippen LogP contribution in [-0.2, 0) is 0 Å². The molecule has 2 rings (SSSR count). The standard InChI is InChI=1S/C20H21ClN2/c1-15(2)14-17(10-6-4-5-9-13-21)16(3)20-22-18-11-7-8-12-19(18)23-20/h4-13,17H,1,3,14H2,2H3,(H,22,23)/b5-4-,10-6+,13-9+. The highest BCUT2D eigenvalue weighted by Crippen LogP contribution is 2.27. The summed E-state index contributed by atoms with van der Waals surface area (Å²) in [5.74, 6) is 0.976. The first-order valence-electron chi connectivity index (χ1n) is 7.50. The molecule has 1 N–H and O–H groups in total. The van der Waals surface area contributed by atoms with E-state index >= 15 is 0 Å². The van der Waals surface area contributed by atoms with Crippen LogP contribution in [0.5, 0.6) is 0 Å². The fourth-order valence-corrected chi connectivity index (χ4v) is 2.42. The Hall–Kier alpha value is -2.32. The molecule has 118 valence electrons. The summed E-state index contributed by atoms with van der Waals surface area (Å²) >= 11 is 5.49. The lowest BCUT2D eigenvalue weighted by atomic mass is 9.92. The second-order valence-corrected chi connectivity index (χ2v) is 5.74. The van der Waals surface area contributed by atoms with Crippen LogP contribution in [0.3, 0.4) is 0 Å². The van der Waals surface area contributed by atoms with Crippen molar-refractivity contribution in [3.8, 4) is 0 Å². The molecular weight excluding hydrogens is 304 g/mol. The number of halogens is 1. The summed E-state index contributed by atoms with van der Waals surface area (Å²) in [6.07, 6.45) is 10.5. The Morgan fingerprint density at radius 1 is 1.22 bits per heavy atom. The molecule has 0 bridgehead atoms. The molecule has 0 aliphatic carbocycles. The van der Waals surface area contributed by atoms with Gasteiger partial charge in [0.05, 0.1) is 11.0 Å². The van der Waals surface area contributed by atoms with Gasteiger partial charge in [-0.3, -0.25) is 0 Å². The van der Waals surface area contributed by atoms with Crippen LogP contribution < -0.4 is 0 Å². The minimum Gasteiger partial charge on any atom is -0.338 e. The number of nitrogens with one attached hydrogen (secondary N) is 1. The zero-order valence-electron chi connectivity index (χ0n) is 13.3. The number of fused-ring (bicyclic) bond motifs is 1. The highest BCUT2D eigenvalue weighted by Gasteiger charge is 2.14. The molecule has 1 heterocycles. The predicted molar refractivity (Wildman–Crippen MR) is 101 cm³/mol. The Morgan fingerprint density at radius 3 is 2.65 bits per heavy atom. The smallest absolute Gasteiger partial charge is 0.134 e. The van der Waals surface area contributed by atoms with Crippen LogP contribution in [0.15, 0.2) is 78.9 Å². The van der Waals surface area contributed by atoms with Crippen LogP contribution in [0.1, 0.15) is 19.2 Å². The summed E-state index contributed by atoms with van der Waals surface area (Å²) in [4.78, 5) is 7.97. The number of aromatic amines is 1. The van der Waals surface area contributed by atoms with E-state index in [4.69, 9.17) is 11.6 Å². The maximum Gasteiger partial charge on any atom is 0.134 e. The highest BCUT2D eigenvalue weighted by molar-refractivity contribution is 6.25. The fourth-order valence-electron chi connectivity index (χ4n) is 2.33. The van der Waals surface area contributed by atoms with Gasteiger partial charge < -0.3 is 4.98 Å². The quantitative estimate of drug-likeness (QED) is 0.489. The van der Waals surface area contributed by atoms with Crippen molar-refractivity contribution in [2.24, 2.45) is 5.92 Å². The van der Waals surface area contributed by atoms with Crippen molar-refractivity contribution in [2.45, 2.75) is 13.3 Å². The molecule has 1 unspecified atom stereocenters. The van der Waals surface area contributed by atoms with Gasteiger partial charge in [0.2, 0.25) is 0 Å². The van der Waals surface area contributed by atoms with Crippen molar-refractivity contribution in [1.82, 2.24) is 9.97 Å². The Balaban J connectivity index is 2.23. The van der Waals surface area contributed by atoms with Gasteiger partial charge in [-0.15, -0.1) is 6.58 Å². The molecule has 1 aromatic carbocycles. The van der Waals surface area contributed by atoms with E-state index < -0.39 is 0 Å². The summed E-state index contributed by atoms with van der Waals surface area (Å²) in [6, 6.07) is 7.99. The predicted octanol–water partition coefficient (Wildman–Crippen LogP) is 6.02. The van der Waals surface area contributed by atoms with Gasteiger partial charge in [0, 0.05) is 11.5 Å². The Kier molecular flexibility index (Phi) is 6.19. The fraction of sp³-hybridized carbons (Fsp3) is 0.150. The minimum absolute atomic E-state index is 0.151. The first kappa shape index (κ1) is 17.0. The van der Waals surface area contributed by atoms with Crippen LogP contribution >= 0.6 is 11.6 Å². The molecule has 2 nitrogen and oxygen atoms in total. The van der Waals surface area contributed by atoms with E-state index in [1.807, 2.05) is 49.4 Å². The lowest BCUT2D eigenvalue weighted by Gasteiger charge is -2.14. The molecule has 0 saturated heterocycles. The second-order valence-electron chi connectivity index (χ2n) is 5.48. The number of hydrogen-bond acceptors (Lipinski definition) is 1. The van der Waals surface area contributed by atoms with Crippen molar-refractivity contribution in [3.05, 3.63) is 84.7 Å². The van der Waals surface area contributed by atoms with Crippen molar-refractivity contribution in [1.29, 1.82) is 0 Å². The second kappa shape index (κ2) is 8.35. The number of nitrogens with zero attached hydrogens (tertiary/aromatic N) is 1. The van der Waals surface area contributed by atoms with Crippen LogP contribution in [0.2, 0.25) is 0 Å². The molecule has 1 atom stereocenters. The summed E-state index contributed by atoms with van der Waals surface area (Å²) in [5.41, 5.74) is 5.52. The van der Waals surface area contributed by atoms with Gasteiger partial charge in [0.25, 0.3) is 0 Å². The molecule has 0 aliphatic rings.